The summed E-state index contributed by atoms with van der Waals surface area (Å²) in [5.74, 6) is 1.27. The van der Waals surface area contributed by atoms with Crippen LogP contribution in [-0.2, 0) is 0 Å². The molecule has 0 aromatic heterocycles. The van der Waals surface area contributed by atoms with Crippen LogP contribution in [0.3, 0.4) is 0 Å². The second kappa shape index (κ2) is 6.66. The van der Waals surface area contributed by atoms with E-state index in [1.165, 1.54) is 29.0 Å². The molecule has 0 heterocycles. The number of halogens is 1. The van der Waals surface area contributed by atoms with E-state index in [2.05, 4.69) is 6.07 Å². The Morgan fingerprint density at radius 3 is 2.45 bits per heavy atom. The van der Waals surface area contributed by atoms with E-state index in [1.807, 2.05) is 26.0 Å². The van der Waals surface area contributed by atoms with Crippen molar-refractivity contribution in [2.75, 3.05) is 18.1 Å². The summed E-state index contributed by atoms with van der Waals surface area (Å²) in [6, 6.07) is 10.9. The zero-order valence-electron chi connectivity index (χ0n) is 11.7. The van der Waals surface area contributed by atoms with E-state index < -0.39 is 0 Å². The number of rotatable bonds is 5. The zero-order chi connectivity index (χ0) is 14.5. The maximum Gasteiger partial charge on any atom is 0.138 e. The van der Waals surface area contributed by atoms with Gasteiger partial charge in [-0.1, -0.05) is 6.07 Å². The van der Waals surface area contributed by atoms with Crippen LogP contribution in [0.4, 0.5) is 10.1 Å². The Morgan fingerprint density at radius 1 is 1.10 bits per heavy atom. The van der Waals surface area contributed by atoms with E-state index in [1.54, 1.807) is 12.1 Å². The molecular formula is C16H18FNOS. The molecule has 0 aliphatic rings. The van der Waals surface area contributed by atoms with Gasteiger partial charge in [0.25, 0.3) is 0 Å². The molecular weight excluding hydrogens is 273 g/mol. The highest BCUT2D eigenvalue weighted by Gasteiger charge is 2.03. The quantitative estimate of drug-likeness (QED) is 0.509. The summed E-state index contributed by atoms with van der Waals surface area (Å²) in [5.41, 5.74) is 8.31. The number of hydrogen-bond donors (Lipinski definition) is 1. The summed E-state index contributed by atoms with van der Waals surface area (Å²) in [6.07, 6.45) is 0. The molecule has 0 radical (unpaired) electrons. The molecule has 0 unspecified atom stereocenters. The lowest BCUT2D eigenvalue weighted by molar-refractivity contribution is 0.343. The first-order valence-electron chi connectivity index (χ1n) is 6.43. The van der Waals surface area contributed by atoms with Crippen LogP contribution in [0.2, 0.25) is 0 Å². The second-order valence-electron chi connectivity index (χ2n) is 4.71. The molecule has 0 fully saturated rings. The lowest BCUT2D eigenvalue weighted by Gasteiger charge is -2.08. The van der Waals surface area contributed by atoms with Crippen molar-refractivity contribution in [2.24, 2.45) is 0 Å². The van der Waals surface area contributed by atoms with Gasteiger partial charge in [0, 0.05) is 16.3 Å². The summed E-state index contributed by atoms with van der Waals surface area (Å²) in [6.45, 7) is 4.62. The van der Waals surface area contributed by atoms with Crippen LogP contribution < -0.4 is 10.5 Å². The molecule has 0 aliphatic carbocycles. The van der Waals surface area contributed by atoms with Gasteiger partial charge in [0.05, 0.1) is 6.61 Å². The van der Waals surface area contributed by atoms with Crippen LogP contribution >= 0.6 is 11.8 Å². The summed E-state index contributed by atoms with van der Waals surface area (Å²) in [7, 11) is 0. The lowest BCUT2D eigenvalue weighted by Crippen LogP contribution is -2.01. The first-order chi connectivity index (χ1) is 9.54. The van der Waals surface area contributed by atoms with Gasteiger partial charge in [0.15, 0.2) is 0 Å². The minimum atomic E-state index is -0.276. The Kier molecular flexibility index (Phi) is 4.90. The molecule has 0 saturated heterocycles. The average molecular weight is 291 g/mol. The first-order valence-corrected chi connectivity index (χ1v) is 7.42. The fourth-order valence-electron chi connectivity index (χ4n) is 1.96. The smallest absolute Gasteiger partial charge is 0.138 e. The number of nitrogen functional groups attached to an aromatic ring is 1. The third-order valence-corrected chi connectivity index (χ3v) is 3.77. The summed E-state index contributed by atoms with van der Waals surface area (Å²) in [4.78, 5) is 0.600. The molecule has 2 aromatic carbocycles. The van der Waals surface area contributed by atoms with Gasteiger partial charge in [0.1, 0.15) is 11.6 Å². The predicted octanol–water partition coefficient (Wildman–Crippen LogP) is 4.20. The van der Waals surface area contributed by atoms with Gasteiger partial charge >= 0.3 is 0 Å². The van der Waals surface area contributed by atoms with Gasteiger partial charge in [-0.3, -0.25) is 0 Å². The van der Waals surface area contributed by atoms with E-state index in [-0.39, 0.29) is 5.82 Å². The monoisotopic (exact) mass is 291 g/mol. The largest absolute Gasteiger partial charge is 0.493 e. The van der Waals surface area contributed by atoms with Crippen LogP contribution in [0.1, 0.15) is 11.1 Å². The van der Waals surface area contributed by atoms with Crippen molar-refractivity contribution in [1.82, 2.24) is 0 Å². The molecule has 2 aromatic rings. The van der Waals surface area contributed by atoms with Crippen molar-refractivity contribution in [3.63, 3.8) is 0 Å². The van der Waals surface area contributed by atoms with Gasteiger partial charge in [-0.05, 0) is 55.3 Å². The van der Waals surface area contributed by atoms with Crippen LogP contribution in [0.15, 0.2) is 41.3 Å². The Morgan fingerprint density at radius 2 is 1.80 bits per heavy atom. The summed E-state index contributed by atoms with van der Waals surface area (Å²) < 4.78 is 19.2. The molecule has 0 bridgehead atoms. The van der Waals surface area contributed by atoms with Crippen LogP contribution in [0, 0.1) is 19.7 Å². The predicted molar refractivity (Wildman–Crippen MR) is 82.9 cm³/mol. The molecule has 0 saturated carbocycles. The highest BCUT2D eigenvalue weighted by Crippen LogP contribution is 2.23. The van der Waals surface area contributed by atoms with Crippen LogP contribution in [-0.4, -0.2) is 12.4 Å². The minimum Gasteiger partial charge on any atom is -0.493 e. The van der Waals surface area contributed by atoms with E-state index in [4.69, 9.17) is 10.5 Å². The van der Waals surface area contributed by atoms with Crippen LogP contribution in [0.5, 0.6) is 5.75 Å². The molecule has 0 spiro atoms. The number of nitrogens with two attached hydrogens (primary N) is 1. The Hall–Kier alpha value is -1.68. The molecule has 0 amide bonds. The number of hydrogen-bond acceptors (Lipinski definition) is 3. The normalized spacial score (nSPS) is 10.6. The maximum absolute atomic E-state index is 13.6. The summed E-state index contributed by atoms with van der Waals surface area (Å²) >= 11 is 1.43. The third-order valence-electron chi connectivity index (χ3n) is 2.76. The third kappa shape index (κ3) is 4.17. The van der Waals surface area contributed by atoms with Gasteiger partial charge in [-0.15, -0.1) is 11.8 Å². The molecule has 0 atom stereocenters. The van der Waals surface area contributed by atoms with Crippen molar-refractivity contribution < 1.29 is 9.13 Å². The number of thioether (sulfide) groups is 1. The standard InChI is InChI=1S/C16H18FNOS/c1-11-7-12(2)9-14(8-11)19-5-6-20-16-4-3-13(18)10-15(16)17/h3-4,7-10H,5-6,18H2,1-2H3. The van der Waals surface area contributed by atoms with Gasteiger partial charge in [0.2, 0.25) is 0 Å². The van der Waals surface area contributed by atoms with E-state index >= 15 is 0 Å². The van der Waals surface area contributed by atoms with Crippen LogP contribution in [0.25, 0.3) is 0 Å². The molecule has 2 N–H and O–H groups in total. The maximum atomic E-state index is 13.6. The number of ether oxygens (including phenoxy) is 1. The number of benzene rings is 2. The Labute approximate surface area is 123 Å². The molecule has 20 heavy (non-hydrogen) atoms. The number of aryl methyl sites for hydroxylation is 2. The van der Waals surface area contributed by atoms with Crippen molar-refractivity contribution in [2.45, 2.75) is 18.7 Å². The average Bonchev–Trinajstić information content (AvgIpc) is 2.35. The van der Waals surface area contributed by atoms with Crippen molar-refractivity contribution >= 4 is 17.4 Å². The fourth-order valence-corrected chi connectivity index (χ4v) is 2.71. The Bertz CT molecular complexity index is 581. The SMILES string of the molecule is Cc1cc(C)cc(OCCSc2ccc(N)cc2F)c1. The van der Waals surface area contributed by atoms with Gasteiger partial charge < -0.3 is 10.5 Å². The zero-order valence-corrected chi connectivity index (χ0v) is 12.5. The van der Waals surface area contributed by atoms with Crippen molar-refractivity contribution in [3.05, 3.63) is 53.3 Å². The molecule has 2 nitrogen and oxygen atoms in total. The first kappa shape index (κ1) is 14.7. The van der Waals surface area contributed by atoms with E-state index in [0.717, 1.165) is 5.75 Å². The molecule has 2 rings (SSSR count). The van der Waals surface area contributed by atoms with Crippen molar-refractivity contribution in [3.8, 4) is 5.75 Å². The summed E-state index contributed by atoms with van der Waals surface area (Å²) in [5, 5.41) is 0. The highest BCUT2D eigenvalue weighted by molar-refractivity contribution is 7.99. The topological polar surface area (TPSA) is 35.2 Å². The minimum absolute atomic E-state index is 0.276. The fraction of sp³-hybridized carbons (Fsp3) is 0.250. The molecule has 4 heteroatoms. The van der Waals surface area contributed by atoms with Gasteiger partial charge in [-0.2, -0.15) is 0 Å². The molecule has 106 valence electrons. The van der Waals surface area contributed by atoms with E-state index in [9.17, 15) is 4.39 Å². The highest BCUT2D eigenvalue weighted by atomic mass is 32.2. The van der Waals surface area contributed by atoms with Crippen molar-refractivity contribution in [1.29, 1.82) is 0 Å². The lowest BCUT2D eigenvalue weighted by atomic mass is 10.1. The second-order valence-corrected chi connectivity index (χ2v) is 5.85. The van der Waals surface area contributed by atoms with Gasteiger partial charge in [-0.25, -0.2) is 4.39 Å². The number of anilines is 1. The Balaban J connectivity index is 1.84. The molecule has 0 aliphatic heterocycles. The van der Waals surface area contributed by atoms with E-state index in [0.29, 0.717) is 22.9 Å².